The Kier molecular flexibility index (Phi) is 6.22. The second kappa shape index (κ2) is 8.80. The third-order valence-corrected chi connectivity index (χ3v) is 4.58. The highest BCUT2D eigenvalue weighted by molar-refractivity contribution is 5.77. The summed E-state index contributed by atoms with van der Waals surface area (Å²) in [6.07, 6.45) is 2.99. The first-order chi connectivity index (χ1) is 12.7. The molecule has 1 N–H and O–H groups in total. The standard InChI is InChI=1S/C19H26N4O3/c1-3-25-16-8-6-14(7-9-16)19-21-17(26-22-19)10-11-18(24)23-12-4-5-15(23)13-20-2/h6-9,15,20H,3-5,10-13H2,1-2H3. The molecule has 0 bridgehead atoms. The van der Waals surface area contributed by atoms with Crippen molar-refractivity contribution in [3.8, 4) is 17.1 Å². The van der Waals surface area contributed by atoms with Crippen molar-refractivity contribution >= 4 is 5.91 Å². The lowest BCUT2D eigenvalue weighted by atomic mass is 10.2. The van der Waals surface area contributed by atoms with Crippen LogP contribution in [-0.4, -0.2) is 53.7 Å². The van der Waals surface area contributed by atoms with Crippen molar-refractivity contribution < 1.29 is 14.1 Å². The molecule has 0 aliphatic carbocycles. The molecule has 1 aliphatic rings. The van der Waals surface area contributed by atoms with Crippen LogP contribution in [-0.2, 0) is 11.2 Å². The molecule has 1 unspecified atom stereocenters. The molecule has 0 saturated carbocycles. The average molecular weight is 358 g/mol. The first kappa shape index (κ1) is 18.4. The number of carbonyl (C=O) groups is 1. The predicted molar refractivity (Wildman–Crippen MR) is 97.9 cm³/mol. The number of aryl methyl sites for hydroxylation is 1. The van der Waals surface area contributed by atoms with Crippen LogP contribution in [0.1, 0.15) is 32.1 Å². The van der Waals surface area contributed by atoms with Crippen LogP contribution < -0.4 is 10.1 Å². The van der Waals surface area contributed by atoms with Crippen LogP contribution in [0.25, 0.3) is 11.4 Å². The van der Waals surface area contributed by atoms with Gasteiger partial charge in [-0.2, -0.15) is 4.98 Å². The zero-order valence-corrected chi connectivity index (χ0v) is 15.4. The predicted octanol–water partition coefficient (Wildman–Crippen LogP) is 2.28. The third kappa shape index (κ3) is 4.40. The zero-order chi connectivity index (χ0) is 18.4. The number of ether oxygens (including phenoxy) is 1. The van der Waals surface area contributed by atoms with E-state index < -0.39 is 0 Å². The lowest BCUT2D eigenvalue weighted by Gasteiger charge is -2.24. The van der Waals surface area contributed by atoms with Gasteiger partial charge in [-0.15, -0.1) is 0 Å². The van der Waals surface area contributed by atoms with E-state index in [1.165, 1.54) is 0 Å². The average Bonchev–Trinajstić information content (AvgIpc) is 3.31. The van der Waals surface area contributed by atoms with Crippen LogP contribution in [0.4, 0.5) is 0 Å². The van der Waals surface area contributed by atoms with E-state index in [9.17, 15) is 4.79 Å². The molecular formula is C19H26N4O3. The summed E-state index contributed by atoms with van der Waals surface area (Å²) in [4.78, 5) is 18.9. The number of carbonyl (C=O) groups excluding carboxylic acids is 1. The lowest BCUT2D eigenvalue weighted by molar-refractivity contribution is -0.132. The van der Waals surface area contributed by atoms with Crippen molar-refractivity contribution in [3.63, 3.8) is 0 Å². The first-order valence-electron chi connectivity index (χ1n) is 9.21. The Morgan fingerprint density at radius 1 is 1.38 bits per heavy atom. The molecule has 1 aromatic heterocycles. The molecule has 1 amide bonds. The maximum absolute atomic E-state index is 12.5. The summed E-state index contributed by atoms with van der Waals surface area (Å²) in [5, 5.41) is 7.18. The molecule has 7 nitrogen and oxygen atoms in total. The number of amides is 1. The summed E-state index contributed by atoms with van der Waals surface area (Å²) in [5.41, 5.74) is 0.864. The van der Waals surface area contributed by atoms with Gasteiger partial charge in [0.2, 0.25) is 17.6 Å². The molecule has 1 aliphatic heterocycles. The van der Waals surface area contributed by atoms with Crippen molar-refractivity contribution in [2.75, 3.05) is 26.7 Å². The Morgan fingerprint density at radius 3 is 2.92 bits per heavy atom. The lowest BCUT2D eigenvalue weighted by Crippen LogP contribution is -2.40. The molecule has 0 spiro atoms. The second-order valence-electron chi connectivity index (χ2n) is 6.41. The Morgan fingerprint density at radius 2 is 2.19 bits per heavy atom. The largest absolute Gasteiger partial charge is 0.494 e. The molecule has 3 rings (SSSR count). The number of hydrogen-bond acceptors (Lipinski definition) is 6. The van der Waals surface area contributed by atoms with E-state index in [2.05, 4.69) is 15.5 Å². The van der Waals surface area contributed by atoms with Crippen molar-refractivity contribution in [1.29, 1.82) is 0 Å². The quantitative estimate of drug-likeness (QED) is 0.780. The SMILES string of the molecule is CCOc1ccc(-c2noc(CCC(=O)N3CCCC3CNC)n2)cc1. The molecule has 1 saturated heterocycles. The fourth-order valence-corrected chi connectivity index (χ4v) is 3.31. The Bertz CT molecular complexity index is 714. The summed E-state index contributed by atoms with van der Waals surface area (Å²) >= 11 is 0. The number of aromatic nitrogens is 2. The number of benzene rings is 1. The highest BCUT2D eigenvalue weighted by atomic mass is 16.5. The smallest absolute Gasteiger partial charge is 0.227 e. The minimum absolute atomic E-state index is 0.156. The van der Waals surface area contributed by atoms with Crippen LogP contribution in [0.5, 0.6) is 5.75 Å². The van der Waals surface area contributed by atoms with Gasteiger partial charge in [0.25, 0.3) is 0 Å². The van der Waals surface area contributed by atoms with Gasteiger partial charge < -0.3 is 19.5 Å². The van der Waals surface area contributed by atoms with Crippen molar-refractivity contribution in [1.82, 2.24) is 20.4 Å². The second-order valence-corrected chi connectivity index (χ2v) is 6.41. The maximum Gasteiger partial charge on any atom is 0.227 e. The van der Waals surface area contributed by atoms with Crippen molar-refractivity contribution in [2.45, 2.75) is 38.6 Å². The highest BCUT2D eigenvalue weighted by Gasteiger charge is 2.27. The van der Waals surface area contributed by atoms with Gasteiger partial charge in [-0.3, -0.25) is 4.79 Å². The number of hydrogen-bond donors (Lipinski definition) is 1. The van der Waals surface area contributed by atoms with E-state index in [-0.39, 0.29) is 5.91 Å². The van der Waals surface area contributed by atoms with Gasteiger partial charge in [0.15, 0.2) is 0 Å². The van der Waals surface area contributed by atoms with Gasteiger partial charge in [0, 0.05) is 37.5 Å². The topological polar surface area (TPSA) is 80.5 Å². The highest BCUT2D eigenvalue weighted by Crippen LogP contribution is 2.21. The van der Waals surface area contributed by atoms with Crippen molar-refractivity contribution in [3.05, 3.63) is 30.2 Å². The number of likely N-dealkylation sites (tertiary alicyclic amines) is 1. The van der Waals surface area contributed by atoms with Gasteiger partial charge in [-0.05, 0) is 51.1 Å². The van der Waals surface area contributed by atoms with Crippen LogP contribution in [0.2, 0.25) is 0 Å². The van der Waals surface area contributed by atoms with Gasteiger partial charge >= 0.3 is 0 Å². The van der Waals surface area contributed by atoms with E-state index in [4.69, 9.17) is 9.26 Å². The van der Waals surface area contributed by atoms with E-state index in [1.807, 2.05) is 43.1 Å². The molecule has 26 heavy (non-hydrogen) atoms. The summed E-state index contributed by atoms with van der Waals surface area (Å²) < 4.78 is 10.7. The molecule has 140 valence electrons. The monoisotopic (exact) mass is 358 g/mol. The Labute approximate surface area is 153 Å². The fraction of sp³-hybridized carbons (Fsp3) is 0.526. The number of nitrogens with zero attached hydrogens (tertiary/aromatic N) is 3. The fourth-order valence-electron chi connectivity index (χ4n) is 3.31. The van der Waals surface area contributed by atoms with Gasteiger partial charge in [0.1, 0.15) is 5.75 Å². The molecule has 1 aromatic carbocycles. The van der Waals surface area contributed by atoms with E-state index in [0.717, 1.165) is 37.2 Å². The molecule has 2 aromatic rings. The van der Waals surface area contributed by atoms with Crippen LogP contribution in [0.3, 0.4) is 0 Å². The molecule has 1 fully saturated rings. The molecule has 2 heterocycles. The van der Waals surface area contributed by atoms with Crippen LogP contribution >= 0.6 is 0 Å². The zero-order valence-electron chi connectivity index (χ0n) is 15.4. The summed E-state index contributed by atoms with van der Waals surface area (Å²) in [5.74, 6) is 1.99. The molecular weight excluding hydrogens is 332 g/mol. The molecule has 7 heteroatoms. The van der Waals surface area contributed by atoms with E-state index >= 15 is 0 Å². The van der Waals surface area contributed by atoms with Crippen LogP contribution in [0, 0.1) is 0 Å². The minimum atomic E-state index is 0.156. The first-order valence-corrected chi connectivity index (χ1v) is 9.21. The Balaban J connectivity index is 1.56. The van der Waals surface area contributed by atoms with Crippen LogP contribution in [0.15, 0.2) is 28.8 Å². The third-order valence-electron chi connectivity index (χ3n) is 4.58. The molecule has 1 atom stereocenters. The van der Waals surface area contributed by atoms with E-state index in [1.54, 1.807) is 0 Å². The maximum atomic E-state index is 12.5. The normalized spacial score (nSPS) is 16.8. The Hall–Kier alpha value is -2.41. The van der Waals surface area contributed by atoms with Crippen molar-refractivity contribution in [2.24, 2.45) is 0 Å². The summed E-state index contributed by atoms with van der Waals surface area (Å²) in [6, 6.07) is 7.87. The van der Waals surface area contributed by atoms with E-state index in [0.29, 0.717) is 37.2 Å². The summed E-state index contributed by atoms with van der Waals surface area (Å²) in [7, 11) is 1.92. The van der Waals surface area contributed by atoms with Gasteiger partial charge in [0.05, 0.1) is 6.61 Å². The molecule has 0 radical (unpaired) electrons. The van der Waals surface area contributed by atoms with Gasteiger partial charge in [-0.1, -0.05) is 5.16 Å². The summed E-state index contributed by atoms with van der Waals surface area (Å²) in [6.45, 7) is 4.26. The number of nitrogens with one attached hydrogen (secondary N) is 1. The minimum Gasteiger partial charge on any atom is -0.494 e. The number of likely N-dealkylation sites (N-methyl/N-ethyl adjacent to an activating group) is 1. The number of rotatable bonds is 8. The van der Waals surface area contributed by atoms with Gasteiger partial charge in [-0.25, -0.2) is 0 Å².